The van der Waals surface area contributed by atoms with Crippen molar-refractivity contribution in [3.8, 4) is 0 Å². The molecule has 2 aromatic carbocycles. The standard InChI is InChI=1S/C14H12ClN3S/c1-8-2-4-11-12(6-8)18-14(17-11)19-13-5-3-9(16)7-10(13)15/h2-7H,16H2,1H3,(H,17,18). The number of fused-ring (bicyclic) bond motifs is 1. The molecule has 3 nitrogen and oxygen atoms in total. The Morgan fingerprint density at radius 1 is 1.21 bits per heavy atom. The van der Waals surface area contributed by atoms with E-state index in [0.29, 0.717) is 10.7 Å². The van der Waals surface area contributed by atoms with Gasteiger partial charge in [-0.15, -0.1) is 0 Å². The molecule has 3 aromatic rings. The molecule has 0 atom stereocenters. The summed E-state index contributed by atoms with van der Waals surface area (Å²) in [7, 11) is 0. The highest BCUT2D eigenvalue weighted by Crippen LogP contribution is 2.33. The van der Waals surface area contributed by atoms with E-state index in [9.17, 15) is 0 Å². The molecule has 3 rings (SSSR count). The average Bonchev–Trinajstić information content (AvgIpc) is 2.74. The number of aryl methyl sites for hydroxylation is 1. The summed E-state index contributed by atoms with van der Waals surface area (Å²) in [6.07, 6.45) is 0. The summed E-state index contributed by atoms with van der Waals surface area (Å²) in [6, 6.07) is 11.6. The van der Waals surface area contributed by atoms with Crippen molar-refractivity contribution in [2.45, 2.75) is 17.0 Å². The zero-order valence-electron chi connectivity index (χ0n) is 10.3. The first-order valence-electron chi connectivity index (χ1n) is 5.81. The predicted octanol–water partition coefficient (Wildman–Crippen LogP) is 4.26. The number of halogens is 1. The van der Waals surface area contributed by atoms with Crippen molar-refractivity contribution in [2.24, 2.45) is 0 Å². The average molecular weight is 290 g/mol. The second kappa shape index (κ2) is 4.79. The molecule has 0 aliphatic carbocycles. The van der Waals surface area contributed by atoms with Crippen molar-refractivity contribution in [1.82, 2.24) is 9.97 Å². The van der Waals surface area contributed by atoms with Crippen LogP contribution in [0.5, 0.6) is 0 Å². The van der Waals surface area contributed by atoms with Crippen LogP contribution in [0, 0.1) is 6.92 Å². The Labute approximate surface area is 120 Å². The highest BCUT2D eigenvalue weighted by molar-refractivity contribution is 7.99. The highest BCUT2D eigenvalue weighted by atomic mass is 35.5. The molecule has 1 heterocycles. The molecule has 96 valence electrons. The first-order valence-corrected chi connectivity index (χ1v) is 7.00. The van der Waals surface area contributed by atoms with Gasteiger partial charge in [0.1, 0.15) is 0 Å². The molecular formula is C14H12ClN3S. The fraction of sp³-hybridized carbons (Fsp3) is 0.0714. The molecule has 0 aliphatic rings. The molecular weight excluding hydrogens is 278 g/mol. The largest absolute Gasteiger partial charge is 0.399 e. The lowest BCUT2D eigenvalue weighted by atomic mass is 10.2. The monoisotopic (exact) mass is 289 g/mol. The Kier molecular flexibility index (Phi) is 3.12. The number of rotatable bonds is 2. The molecule has 0 saturated heterocycles. The zero-order valence-corrected chi connectivity index (χ0v) is 11.8. The number of nitrogen functional groups attached to an aromatic ring is 1. The smallest absolute Gasteiger partial charge is 0.171 e. The normalized spacial score (nSPS) is 11.1. The van der Waals surface area contributed by atoms with Gasteiger partial charge < -0.3 is 10.7 Å². The second-order valence-electron chi connectivity index (χ2n) is 4.35. The van der Waals surface area contributed by atoms with Gasteiger partial charge in [0.05, 0.1) is 16.1 Å². The maximum absolute atomic E-state index is 6.16. The van der Waals surface area contributed by atoms with E-state index in [1.807, 2.05) is 24.3 Å². The van der Waals surface area contributed by atoms with Crippen LogP contribution in [0.25, 0.3) is 11.0 Å². The van der Waals surface area contributed by atoms with Gasteiger partial charge in [0.15, 0.2) is 5.16 Å². The fourth-order valence-corrected chi connectivity index (χ4v) is 2.96. The lowest BCUT2D eigenvalue weighted by Gasteiger charge is -2.02. The van der Waals surface area contributed by atoms with Crippen LogP contribution in [-0.2, 0) is 0 Å². The third kappa shape index (κ3) is 2.55. The molecule has 3 N–H and O–H groups in total. The van der Waals surface area contributed by atoms with E-state index in [-0.39, 0.29) is 0 Å². The number of imidazole rings is 1. The van der Waals surface area contributed by atoms with E-state index in [4.69, 9.17) is 17.3 Å². The molecule has 0 amide bonds. The lowest BCUT2D eigenvalue weighted by molar-refractivity contribution is 1.08. The molecule has 19 heavy (non-hydrogen) atoms. The quantitative estimate of drug-likeness (QED) is 0.693. The minimum atomic E-state index is 0.640. The summed E-state index contributed by atoms with van der Waals surface area (Å²) in [5, 5.41) is 1.47. The van der Waals surface area contributed by atoms with Crippen molar-refractivity contribution in [3.05, 3.63) is 47.0 Å². The second-order valence-corrected chi connectivity index (χ2v) is 5.79. The first-order chi connectivity index (χ1) is 9.11. The van der Waals surface area contributed by atoms with Gasteiger partial charge in [0.25, 0.3) is 0 Å². The SMILES string of the molecule is Cc1ccc2nc(Sc3ccc(N)cc3Cl)[nH]c2c1. The van der Waals surface area contributed by atoms with Crippen LogP contribution < -0.4 is 5.73 Å². The number of hydrogen-bond donors (Lipinski definition) is 2. The Balaban J connectivity index is 1.96. The van der Waals surface area contributed by atoms with E-state index >= 15 is 0 Å². The minimum absolute atomic E-state index is 0.640. The van der Waals surface area contributed by atoms with Gasteiger partial charge in [-0.1, -0.05) is 29.4 Å². The van der Waals surface area contributed by atoms with Crippen molar-refractivity contribution < 1.29 is 0 Å². The predicted molar refractivity (Wildman–Crippen MR) is 80.8 cm³/mol. The van der Waals surface area contributed by atoms with Crippen LogP contribution in [0.15, 0.2) is 46.5 Å². The first kappa shape index (κ1) is 12.4. The van der Waals surface area contributed by atoms with E-state index in [1.165, 1.54) is 17.3 Å². The molecule has 0 aliphatic heterocycles. The van der Waals surface area contributed by atoms with Crippen LogP contribution >= 0.6 is 23.4 Å². The maximum atomic E-state index is 6.16. The van der Waals surface area contributed by atoms with Gasteiger partial charge >= 0.3 is 0 Å². The highest BCUT2D eigenvalue weighted by Gasteiger charge is 2.07. The third-order valence-electron chi connectivity index (χ3n) is 2.78. The number of nitrogens with one attached hydrogen (secondary N) is 1. The third-order valence-corrected chi connectivity index (χ3v) is 4.17. The van der Waals surface area contributed by atoms with Crippen LogP contribution in [0.3, 0.4) is 0 Å². The van der Waals surface area contributed by atoms with E-state index in [1.54, 1.807) is 6.07 Å². The molecule has 0 saturated carbocycles. The summed E-state index contributed by atoms with van der Waals surface area (Å²) in [6.45, 7) is 2.06. The molecule has 0 bridgehead atoms. The van der Waals surface area contributed by atoms with Gasteiger partial charge in [-0.05, 0) is 42.8 Å². The molecule has 0 fully saturated rings. The topological polar surface area (TPSA) is 54.7 Å². The number of nitrogens with zero attached hydrogens (tertiary/aromatic N) is 1. The summed E-state index contributed by atoms with van der Waals surface area (Å²) < 4.78 is 0. The summed E-state index contributed by atoms with van der Waals surface area (Å²) in [5.41, 5.74) is 9.54. The molecule has 0 unspecified atom stereocenters. The van der Waals surface area contributed by atoms with Gasteiger partial charge in [-0.25, -0.2) is 4.98 Å². The van der Waals surface area contributed by atoms with Gasteiger partial charge in [-0.3, -0.25) is 0 Å². The van der Waals surface area contributed by atoms with Crippen LogP contribution in [0.1, 0.15) is 5.56 Å². The Morgan fingerprint density at radius 3 is 2.84 bits per heavy atom. The fourth-order valence-electron chi connectivity index (χ4n) is 1.85. The molecule has 1 aromatic heterocycles. The van der Waals surface area contributed by atoms with Crippen molar-refractivity contribution in [3.63, 3.8) is 0 Å². The van der Waals surface area contributed by atoms with E-state index < -0.39 is 0 Å². The Bertz CT molecular complexity index is 752. The molecule has 0 spiro atoms. The number of aromatic amines is 1. The zero-order chi connectivity index (χ0) is 13.4. The minimum Gasteiger partial charge on any atom is -0.399 e. The van der Waals surface area contributed by atoms with Crippen LogP contribution in [-0.4, -0.2) is 9.97 Å². The summed E-state index contributed by atoms with van der Waals surface area (Å²) in [5.74, 6) is 0. The summed E-state index contributed by atoms with van der Waals surface area (Å²) >= 11 is 7.66. The maximum Gasteiger partial charge on any atom is 0.171 e. The molecule has 5 heteroatoms. The summed E-state index contributed by atoms with van der Waals surface area (Å²) in [4.78, 5) is 8.76. The van der Waals surface area contributed by atoms with Gasteiger partial charge in [0.2, 0.25) is 0 Å². The van der Waals surface area contributed by atoms with Gasteiger partial charge in [0, 0.05) is 10.6 Å². The van der Waals surface area contributed by atoms with Gasteiger partial charge in [-0.2, -0.15) is 0 Å². The van der Waals surface area contributed by atoms with E-state index in [2.05, 4.69) is 23.0 Å². The number of benzene rings is 2. The number of nitrogens with two attached hydrogens (primary N) is 1. The van der Waals surface area contributed by atoms with Crippen LogP contribution in [0.2, 0.25) is 5.02 Å². The van der Waals surface area contributed by atoms with Crippen LogP contribution in [0.4, 0.5) is 5.69 Å². The van der Waals surface area contributed by atoms with Crippen molar-refractivity contribution in [2.75, 3.05) is 5.73 Å². The lowest BCUT2D eigenvalue weighted by Crippen LogP contribution is -1.85. The number of aromatic nitrogens is 2. The molecule has 0 radical (unpaired) electrons. The van der Waals surface area contributed by atoms with Crippen molar-refractivity contribution in [1.29, 1.82) is 0 Å². The number of H-pyrrole nitrogens is 1. The Morgan fingerprint density at radius 2 is 2.05 bits per heavy atom. The number of hydrogen-bond acceptors (Lipinski definition) is 3. The Hall–Kier alpha value is -1.65. The van der Waals surface area contributed by atoms with Crippen molar-refractivity contribution >= 4 is 40.1 Å². The van der Waals surface area contributed by atoms with E-state index in [0.717, 1.165) is 21.1 Å². The number of anilines is 1.